The minimum absolute atomic E-state index is 0.0731. The van der Waals surface area contributed by atoms with Gasteiger partial charge in [-0.3, -0.25) is 9.69 Å². The van der Waals surface area contributed by atoms with E-state index >= 15 is 0 Å². The van der Waals surface area contributed by atoms with Crippen LogP contribution in [0.3, 0.4) is 0 Å². The summed E-state index contributed by atoms with van der Waals surface area (Å²) in [5.41, 5.74) is 2.25. The third kappa shape index (κ3) is 4.35. The van der Waals surface area contributed by atoms with Gasteiger partial charge in [-0.25, -0.2) is 4.98 Å². The van der Waals surface area contributed by atoms with E-state index in [0.29, 0.717) is 12.1 Å². The Bertz CT molecular complexity index is 628. The smallest absolute Gasteiger partial charge is 0.217 e. The number of carbonyl (C=O) groups excluding carboxylic acids is 1. The van der Waals surface area contributed by atoms with E-state index in [2.05, 4.69) is 27.2 Å². The molecule has 6 heteroatoms. The molecule has 1 aromatic rings. The molecule has 1 aliphatic carbocycles. The molecule has 0 spiro atoms. The number of nitrogens with zero attached hydrogens (tertiary/aromatic N) is 3. The standard InChI is InChI=1S/C20H32N4O2/c1-14-4-5-16-12-24(11-10-19(13-25)23(3)20(16)21-14)18-8-6-17(7-9-18)22-15(2)26/h4-5,17-19,25H,6-13H2,1-3H3,(H,22,26). The third-order valence-corrected chi connectivity index (χ3v) is 5.93. The van der Waals surface area contributed by atoms with Crippen molar-refractivity contribution in [2.24, 2.45) is 0 Å². The number of amides is 1. The van der Waals surface area contributed by atoms with Gasteiger partial charge in [-0.15, -0.1) is 0 Å². The zero-order valence-electron chi connectivity index (χ0n) is 16.2. The lowest BCUT2D eigenvalue weighted by molar-refractivity contribution is -0.119. The summed E-state index contributed by atoms with van der Waals surface area (Å²) in [6.45, 7) is 5.65. The van der Waals surface area contributed by atoms with Gasteiger partial charge in [0.1, 0.15) is 5.82 Å². The van der Waals surface area contributed by atoms with Crippen LogP contribution < -0.4 is 10.2 Å². The molecule has 0 saturated heterocycles. The maximum atomic E-state index is 11.3. The van der Waals surface area contributed by atoms with Gasteiger partial charge in [0.25, 0.3) is 0 Å². The monoisotopic (exact) mass is 360 g/mol. The molecule has 1 amide bonds. The molecule has 1 fully saturated rings. The van der Waals surface area contributed by atoms with Crippen molar-refractivity contribution in [1.82, 2.24) is 15.2 Å². The summed E-state index contributed by atoms with van der Waals surface area (Å²) in [5, 5.41) is 12.9. The van der Waals surface area contributed by atoms with Crippen LogP contribution in [0.2, 0.25) is 0 Å². The fourth-order valence-electron chi connectivity index (χ4n) is 4.38. The van der Waals surface area contributed by atoms with Gasteiger partial charge >= 0.3 is 0 Å². The number of aliphatic hydroxyl groups is 1. The van der Waals surface area contributed by atoms with E-state index in [9.17, 15) is 9.90 Å². The lowest BCUT2D eigenvalue weighted by Gasteiger charge is -2.41. The number of carbonyl (C=O) groups is 1. The Morgan fingerprint density at radius 1 is 1.27 bits per heavy atom. The molecule has 144 valence electrons. The van der Waals surface area contributed by atoms with E-state index in [4.69, 9.17) is 4.98 Å². The van der Waals surface area contributed by atoms with E-state index in [-0.39, 0.29) is 18.6 Å². The summed E-state index contributed by atoms with van der Waals surface area (Å²) >= 11 is 0. The first-order chi connectivity index (χ1) is 12.5. The average molecular weight is 361 g/mol. The van der Waals surface area contributed by atoms with Crippen molar-refractivity contribution in [3.05, 3.63) is 23.4 Å². The third-order valence-electron chi connectivity index (χ3n) is 5.93. The molecule has 1 aromatic heterocycles. The predicted octanol–water partition coefficient (Wildman–Crippen LogP) is 1.84. The lowest BCUT2D eigenvalue weighted by atomic mass is 9.89. The number of likely N-dealkylation sites (N-methyl/N-ethyl adjacent to an activating group) is 1. The van der Waals surface area contributed by atoms with E-state index in [1.54, 1.807) is 6.92 Å². The molecule has 2 N–H and O–H groups in total. The number of nitrogens with one attached hydrogen (secondary N) is 1. The highest BCUT2D eigenvalue weighted by Crippen LogP contribution is 2.30. The summed E-state index contributed by atoms with van der Waals surface area (Å²) in [6.07, 6.45) is 5.25. The maximum Gasteiger partial charge on any atom is 0.217 e. The molecule has 1 atom stereocenters. The summed E-state index contributed by atoms with van der Waals surface area (Å²) in [6, 6.07) is 5.22. The Hall–Kier alpha value is -1.66. The average Bonchev–Trinajstić information content (AvgIpc) is 2.61. The molecule has 1 unspecified atom stereocenters. The number of aliphatic hydroxyl groups excluding tert-OH is 1. The van der Waals surface area contributed by atoms with Crippen LogP contribution in [-0.4, -0.2) is 59.2 Å². The van der Waals surface area contributed by atoms with Gasteiger partial charge in [0.2, 0.25) is 5.91 Å². The second-order valence-electron chi connectivity index (χ2n) is 7.85. The van der Waals surface area contributed by atoms with E-state index in [0.717, 1.165) is 56.7 Å². The van der Waals surface area contributed by atoms with Crippen LogP contribution >= 0.6 is 0 Å². The van der Waals surface area contributed by atoms with Gasteiger partial charge in [0, 0.05) is 50.4 Å². The van der Waals surface area contributed by atoms with Crippen molar-refractivity contribution in [2.75, 3.05) is 25.1 Å². The largest absolute Gasteiger partial charge is 0.394 e. The van der Waals surface area contributed by atoms with Crippen LogP contribution in [0.25, 0.3) is 0 Å². The maximum absolute atomic E-state index is 11.3. The SMILES string of the molecule is CC(=O)NC1CCC(N2CCC(CO)N(C)c3nc(C)ccc3C2)CC1. The minimum atomic E-state index is 0.0731. The number of hydrogen-bond donors (Lipinski definition) is 2. The van der Waals surface area contributed by atoms with Crippen LogP contribution in [0, 0.1) is 6.92 Å². The highest BCUT2D eigenvalue weighted by Gasteiger charge is 2.30. The lowest BCUT2D eigenvalue weighted by Crippen LogP contribution is -2.47. The van der Waals surface area contributed by atoms with Crippen LogP contribution in [0.5, 0.6) is 0 Å². The molecule has 2 aliphatic rings. The number of fused-ring (bicyclic) bond motifs is 1. The van der Waals surface area contributed by atoms with Crippen molar-refractivity contribution in [3.8, 4) is 0 Å². The molecule has 1 saturated carbocycles. The second kappa shape index (κ2) is 8.35. The van der Waals surface area contributed by atoms with Gasteiger partial charge in [-0.2, -0.15) is 0 Å². The van der Waals surface area contributed by atoms with Crippen LogP contribution in [-0.2, 0) is 11.3 Å². The molecule has 2 heterocycles. The van der Waals surface area contributed by atoms with Crippen molar-refractivity contribution < 1.29 is 9.90 Å². The highest BCUT2D eigenvalue weighted by molar-refractivity contribution is 5.73. The Morgan fingerprint density at radius 3 is 2.65 bits per heavy atom. The minimum Gasteiger partial charge on any atom is -0.394 e. The summed E-state index contributed by atoms with van der Waals surface area (Å²) in [5.74, 6) is 1.07. The Balaban J connectivity index is 1.74. The van der Waals surface area contributed by atoms with Crippen molar-refractivity contribution >= 4 is 11.7 Å². The zero-order chi connectivity index (χ0) is 18.7. The summed E-state index contributed by atoms with van der Waals surface area (Å²) in [7, 11) is 2.04. The summed E-state index contributed by atoms with van der Waals surface area (Å²) in [4.78, 5) is 20.8. The first-order valence-electron chi connectivity index (χ1n) is 9.79. The number of aryl methyl sites for hydroxylation is 1. The number of hydrogen-bond acceptors (Lipinski definition) is 5. The summed E-state index contributed by atoms with van der Waals surface area (Å²) < 4.78 is 0. The van der Waals surface area contributed by atoms with Gasteiger partial charge < -0.3 is 15.3 Å². The van der Waals surface area contributed by atoms with Crippen LogP contribution in [0.1, 0.15) is 50.3 Å². The highest BCUT2D eigenvalue weighted by atomic mass is 16.3. The number of rotatable bonds is 3. The normalized spacial score (nSPS) is 27.4. The van der Waals surface area contributed by atoms with Gasteiger partial charge in [0.15, 0.2) is 0 Å². The van der Waals surface area contributed by atoms with Crippen molar-refractivity contribution in [3.63, 3.8) is 0 Å². The number of anilines is 1. The van der Waals surface area contributed by atoms with Crippen LogP contribution in [0.4, 0.5) is 5.82 Å². The molecule has 1 aliphatic heterocycles. The Morgan fingerprint density at radius 2 is 2.00 bits per heavy atom. The van der Waals surface area contributed by atoms with Crippen molar-refractivity contribution in [2.45, 2.75) is 70.6 Å². The molecule has 26 heavy (non-hydrogen) atoms. The van der Waals surface area contributed by atoms with E-state index in [1.165, 1.54) is 5.56 Å². The molecule has 0 radical (unpaired) electrons. The predicted molar refractivity (Wildman–Crippen MR) is 103 cm³/mol. The van der Waals surface area contributed by atoms with Crippen LogP contribution in [0.15, 0.2) is 12.1 Å². The molecular formula is C20H32N4O2. The molecule has 3 rings (SSSR count). The molecule has 0 bridgehead atoms. The van der Waals surface area contributed by atoms with E-state index in [1.807, 2.05) is 14.0 Å². The molecule has 0 aromatic carbocycles. The fraction of sp³-hybridized carbons (Fsp3) is 0.700. The second-order valence-corrected chi connectivity index (χ2v) is 7.85. The first kappa shape index (κ1) is 19.1. The van der Waals surface area contributed by atoms with Gasteiger partial charge in [0.05, 0.1) is 12.6 Å². The quantitative estimate of drug-likeness (QED) is 0.861. The Kier molecular flexibility index (Phi) is 6.14. The number of pyridine rings is 1. The van der Waals surface area contributed by atoms with Gasteiger partial charge in [-0.05, 0) is 45.1 Å². The van der Waals surface area contributed by atoms with Gasteiger partial charge in [-0.1, -0.05) is 6.07 Å². The fourth-order valence-corrected chi connectivity index (χ4v) is 4.38. The molecule has 6 nitrogen and oxygen atoms in total. The Labute approximate surface area is 156 Å². The zero-order valence-corrected chi connectivity index (χ0v) is 16.2. The van der Waals surface area contributed by atoms with E-state index < -0.39 is 0 Å². The molecular weight excluding hydrogens is 328 g/mol. The topological polar surface area (TPSA) is 68.7 Å². The van der Waals surface area contributed by atoms with Crippen molar-refractivity contribution in [1.29, 1.82) is 0 Å². The first-order valence-corrected chi connectivity index (χ1v) is 9.79. The number of aromatic nitrogens is 1.